The van der Waals surface area contributed by atoms with Gasteiger partial charge in [0.15, 0.2) is 0 Å². The number of nitrogens with zero attached hydrogens (tertiary/aromatic N) is 2. The molecule has 1 aromatic heterocycles. The number of fused-ring (bicyclic) bond motifs is 1. The fraction of sp³-hybridized carbons (Fsp3) is 0.462. The molecule has 1 N–H and O–H groups in total. The van der Waals surface area contributed by atoms with Crippen LogP contribution in [0.5, 0.6) is 5.75 Å². The summed E-state index contributed by atoms with van der Waals surface area (Å²) in [7, 11) is 3.69. The number of hydrogen-bond donors (Lipinski definition) is 1. The predicted molar refractivity (Wildman–Crippen MR) is 70.0 cm³/mol. The van der Waals surface area contributed by atoms with E-state index < -0.39 is 0 Å². The van der Waals surface area contributed by atoms with Gasteiger partial charge in [-0.3, -0.25) is 9.47 Å². The average Bonchev–Trinajstić information content (AvgIpc) is 2.90. The van der Waals surface area contributed by atoms with Gasteiger partial charge in [0.2, 0.25) is 0 Å². The van der Waals surface area contributed by atoms with Gasteiger partial charge in [-0.25, -0.2) is 4.79 Å². The summed E-state index contributed by atoms with van der Waals surface area (Å²) in [5.74, 6) is 0.760. The number of hydrogen-bond acceptors (Lipinski definition) is 3. The molecule has 0 saturated carbocycles. The van der Waals surface area contributed by atoms with E-state index in [1.807, 2.05) is 22.8 Å². The number of H-pyrrole nitrogens is 1. The summed E-state index contributed by atoms with van der Waals surface area (Å²) in [6, 6.07) is 5.70. The van der Waals surface area contributed by atoms with Crippen LogP contribution in [-0.2, 0) is 0 Å². The van der Waals surface area contributed by atoms with Gasteiger partial charge < -0.3 is 9.72 Å². The van der Waals surface area contributed by atoms with E-state index in [1.165, 1.54) is 0 Å². The molecule has 1 aromatic carbocycles. The topological polar surface area (TPSA) is 50.3 Å². The first-order valence-electron chi connectivity index (χ1n) is 6.19. The Hall–Kier alpha value is -1.75. The molecule has 2 aromatic rings. The van der Waals surface area contributed by atoms with Crippen molar-refractivity contribution in [2.45, 2.75) is 19.0 Å². The van der Waals surface area contributed by atoms with Gasteiger partial charge in [0.1, 0.15) is 5.75 Å². The number of methoxy groups -OCH3 is 1. The van der Waals surface area contributed by atoms with Crippen molar-refractivity contribution in [1.29, 1.82) is 0 Å². The van der Waals surface area contributed by atoms with E-state index >= 15 is 0 Å². The summed E-state index contributed by atoms with van der Waals surface area (Å²) in [5.41, 5.74) is 1.73. The second-order valence-electron chi connectivity index (χ2n) is 4.79. The number of imidazole rings is 1. The Kier molecular flexibility index (Phi) is 2.63. The number of aromatic nitrogens is 2. The van der Waals surface area contributed by atoms with Crippen LogP contribution in [0, 0.1) is 0 Å². The SMILES string of the molecule is COc1ccc2c(c1)[nH]c(=O)n2C1CCCN1C. The molecule has 18 heavy (non-hydrogen) atoms. The fourth-order valence-electron chi connectivity index (χ4n) is 2.75. The van der Waals surface area contributed by atoms with E-state index in [-0.39, 0.29) is 11.9 Å². The second kappa shape index (κ2) is 4.17. The maximum Gasteiger partial charge on any atom is 0.327 e. The Morgan fingerprint density at radius 1 is 1.44 bits per heavy atom. The molecule has 0 amide bonds. The molecule has 0 bridgehead atoms. The van der Waals surface area contributed by atoms with Gasteiger partial charge in [-0.1, -0.05) is 0 Å². The summed E-state index contributed by atoms with van der Waals surface area (Å²) in [6.45, 7) is 1.04. The van der Waals surface area contributed by atoms with Crippen molar-refractivity contribution in [3.05, 3.63) is 28.7 Å². The lowest BCUT2D eigenvalue weighted by atomic mass is 10.2. The molecule has 0 aliphatic carbocycles. The Morgan fingerprint density at radius 2 is 2.28 bits per heavy atom. The molecular formula is C13H17N3O2. The molecule has 1 saturated heterocycles. The van der Waals surface area contributed by atoms with Gasteiger partial charge in [-0.15, -0.1) is 0 Å². The quantitative estimate of drug-likeness (QED) is 0.876. The van der Waals surface area contributed by atoms with Crippen molar-refractivity contribution >= 4 is 11.0 Å². The molecular weight excluding hydrogens is 230 g/mol. The van der Waals surface area contributed by atoms with E-state index in [2.05, 4.69) is 16.9 Å². The van der Waals surface area contributed by atoms with Gasteiger partial charge in [0, 0.05) is 6.07 Å². The highest BCUT2D eigenvalue weighted by molar-refractivity contribution is 5.77. The zero-order chi connectivity index (χ0) is 12.7. The summed E-state index contributed by atoms with van der Waals surface area (Å²) >= 11 is 0. The zero-order valence-corrected chi connectivity index (χ0v) is 10.6. The van der Waals surface area contributed by atoms with E-state index in [0.717, 1.165) is 36.2 Å². The van der Waals surface area contributed by atoms with E-state index in [0.29, 0.717) is 0 Å². The monoisotopic (exact) mass is 247 g/mol. The number of likely N-dealkylation sites (tertiary alicyclic amines) is 1. The first-order valence-corrected chi connectivity index (χ1v) is 6.19. The van der Waals surface area contributed by atoms with Crippen LogP contribution in [0.4, 0.5) is 0 Å². The first-order chi connectivity index (χ1) is 8.70. The maximum atomic E-state index is 12.1. The molecule has 1 atom stereocenters. The van der Waals surface area contributed by atoms with Crippen LogP contribution in [0.1, 0.15) is 19.0 Å². The second-order valence-corrected chi connectivity index (χ2v) is 4.79. The highest BCUT2D eigenvalue weighted by atomic mass is 16.5. The van der Waals surface area contributed by atoms with Gasteiger partial charge in [0.25, 0.3) is 0 Å². The third-order valence-electron chi connectivity index (χ3n) is 3.70. The largest absolute Gasteiger partial charge is 0.497 e. The molecule has 3 rings (SSSR count). The molecule has 0 radical (unpaired) electrons. The van der Waals surface area contributed by atoms with Crippen LogP contribution >= 0.6 is 0 Å². The van der Waals surface area contributed by atoms with Crippen molar-refractivity contribution in [1.82, 2.24) is 14.5 Å². The lowest BCUT2D eigenvalue weighted by molar-refractivity contribution is 0.238. The van der Waals surface area contributed by atoms with Crippen molar-refractivity contribution in [3.63, 3.8) is 0 Å². The molecule has 5 nitrogen and oxygen atoms in total. The Labute approximate surface area is 105 Å². The standard InChI is InChI=1S/C13H17N3O2/c1-15-7-3-4-12(15)16-11-6-5-9(18-2)8-10(11)14-13(16)17/h5-6,8,12H,3-4,7H2,1-2H3,(H,14,17). The van der Waals surface area contributed by atoms with E-state index in [1.54, 1.807) is 7.11 Å². The summed E-state index contributed by atoms with van der Waals surface area (Å²) < 4.78 is 7.03. The summed E-state index contributed by atoms with van der Waals surface area (Å²) in [5, 5.41) is 0. The number of ether oxygens (including phenoxy) is 1. The Bertz CT molecular complexity index is 629. The van der Waals surface area contributed by atoms with Crippen LogP contribution < -0.4 is 10.4 Å². The zero-order valence-electron chi connectivity index (χ0n) is 10.6. The predicted octanol–water partition coefficient (Wildman–Crippen LogP) is 1.56. The van der Waals surface area contributed by atoms with Crippen molar-refractivity contribution in [3.8, 4) is 5.75 Å². The Morgan fingerprint density at radius 3 is 2.94 bits per heavy atom. The number of benzene rings is 1. The fourth-order valence-corrected chi connectivity index (χ4v) is 2.75. The number of rotatable bonds is 2. The van der Waals surface area contributed by atoms with Crippen molar-refractivity contribution in [2.75, 3.05) is 20.7 Å². The molecule has 1 fully saturated rings. The van der Waals surface area contributed by atoms with Crippen LogP contribution in [0.25, 0.3) is 11.0 Å². The van der Waals surface area contributed by atoms with Gasteiger partial charge >= 0.3 is 5.69 Å². The lowest BCUT2D eigenvalue weighted by Crippen LogP contribution is -2.30. The molecule has 2 heterocycles. The molecule has 1 aliphatic heterocycles. The van der Waals surface area contributed by atoms with E-state index in [9.17, 15) is 4.79 Å². The van der Waals surface area contributed by atoms with E-state index in [4.69, 9.17) is 4.74 Å². The minimum Gasteiger partial charge on any atom is -0.497 e. The van der Waals surface area contributed by atoms with Gasteiger partial charge in [0.05, 0.1) is 24.3 Å². The molecule has 5 heteroatoms. The summed E-state index contributed by atoms with van der Waals surface area (Å²) in [6.07, 6.45) is 2.32. The highest BCUT2D eigenvalue weighted by Gasteiger charge is 2.25. The minimum absolute atomic E-state index is 0.0444. The van der Waals surface area contributed by atoms with Crippen molar-refractivity contribution < 1.29 is 4.74 Å². The average molecular weight is 247 g/mol. The van der Waals surface area contributed by atoms with Crippen LogP contribution in [0.3, 0.4) is 0 Å². The van der Waals surface area contributed by atoms with Gasteiger partial charge in [-0.2, -0.15) is 0 Å². The van der Waals surface area contributed by atoms with Crippen LogP contribution in [0.2, 0.25) is 0 Å². The van der Waals surface area contributed by atoms with Gasteiger partial charge in [-0.05, 0) is 38.6 Å². The first kappa shape index (κ1) is 11.3. The normalized spacial score (nSPS) is 20.7. The van der Waals surface area contributed by atoms with Crippen molar-refractivity contribution in [2.24, 2.45) is 0 Å². The van der Waals surface area contributed by atoms with Crippen LogP contribution in [0.15, 0.2) is 23.0 Å². The minimum atomic E-state index is -0.0444. The smallest absolute Gasteiger partial charge is 0.327 e. The Balaban J connectivity index is 2.17. The molecule has 1 unspecified atom stereocenters. The molecule has 0 spiro atoms. The van der Waals surface area contributed by atoms with Crippen LogP contribution in [-0.4, -0.2) is 35.2 Å². The summed E-state index contributed by atoms with van der Waals surface area (Å²) in [4.78, 5) is 17.2. The highest BCUT2D eigenvalue weighted by Crippen LogP contribution is 2.27. The number of nitrogens with one attached hydrogen (secondary N) is 1. The molecule has 96 valence electrons. The third-order valence-corrected chi connectivity index (χ3v) is 3.70. The maximum absolute atomic E-state index is 12.1. The third kappa shape index (κ3) is 1.62. The lowest BCUT2D eigenvalue weighted by Gasteiger charge is -2.20. The number of aromatic amines is 1. The molecule has 1 aliphatic rings.